The van der Waals surface area contributed by atoms with Crippen LogP contribution in [-0.4, -0.2) is 28.6 Å². The zero-order chi connectivity index (χ0) is 20.8. The molecule has 2 nitrogen and oxygen atoms in total. The first-order valence-electron chi connectivity index (χ1n) is 10.2. The van der Waals surface area contributed by atoms with Crippen LogP contribution < -0.4 is 0 Å². The van der Waals surface area contributed by atoms with Crippen molar-refractivity contribution >= 4 is 5.78 Å². The molecule has 0 spiro atoms. The van der Waals surface area contributed by atoms with Crippen LogP contribution in [0, 0.1) is 28.6 Å². The topological polar surface area (TPSA) is 37.3 Å². The standard InChI is InChI=1S/C21H27F5O2/c1-17-9-10-19(28,20(22,23)21(24,25)26)11-12(17)3-4-13-14-5-6-16(27)18(14,2)8-7-15(13)17/h3,13-15,28H,4-11H2,1-2H3/t13-,14-,15-,17-,18-,19-/m0/s1. The maximum atomic E-state index is 14.0. The van der Waals surface area contributed by atoms with Crippen molar-refractivity contribution < 1.29 is 31.9 Å². The monoisotopic (exact) mass is 406 g/mol. The van der Waals surface area contributed by atoms with Crippen LogP contribution in [0.2, 0.25) is 0 Å². The summed E-state index contributed by atoms with van der Waals surface area (Å²) in [6.45, 7) is 3.99. The molecule has 158 valence electrons. The van der Waals surface area contributed by atoms with Gasteiger partial charge >= 0.3 is 12.1 Å². The van der Waals surface area contributed by atoms with Gasteiger partial charge in [0.2, 0.25) is 0 Å². The molecular formula is C21H27F5O2. The van der Waals surface area contributed by atoms with Crippen molar-refractivity contribution in [1.29, 1.82) is 0 Å². The van der Waals surface area contributed by atoms with E-state index in [4.69, 9.17) is 0 Å². The molecule has 0 unspecified atom stereocenters. The molecule has 0 amide bonds. The smallest absolute Gasteiger partial charge is 0.383 e. The van der Waals surface area contributed by atoms with Crippen LogP contribution in [0.25, 0.3) is 0 Å². The number of rotatable bonds is 1. The summed E-state index contributed by atoms with van der Waals surface area (Å²) in [6.07, 6.45) is -1.53. The second-order valence-electron chi connectivity index (χ2n) is 9.96. The molecule has 0 radical (unpaired) electrons. The molecule has 6 atom stereocenters. The van der Waals surface area contributed by atoms with Gasteiger partial charge in [-0.15, -0.1) is 0 Å². The summed E-state index contributed by atoms with van der Waals surface area (Å²) in [5, 5.41) is 10.4. The molecule has 4 aliphatic carbocycles. The molecule has 4 rings (SSSR count). The molecule has 0 aromatic heterocycles. The van der Waals surface area contributed by atoms with E-state index in [1.807, 2.05) is 13.8 Å². The Morgan fingerprint density at radius 2 is 1.64 bits per heavy atom. The average Bonchev–Trinajstić information content (AvgIpc) is 2.90. The van der Waals surface area contributed by atoms with Gasteiger partial charge in [-0.25, -0.2) is 0 Å². The van der Waals surface area contributed by atoms with Gasteiger partial charge in [-0.1, -0.05) is 25.5 Å². The highest BCUT2D eigenvalue weighted by atomic mass is 19.4. The van der Waals surface area contributed by atoms with E-state index in [0.29, 0.717) is 24.2 Å². The van der Waals surface area contributed by atoms with Gasteiger partial charge in [-0.3, -0.25) is 4.79 Å². The predicted octanol–water partition coefficient (Wildman–Crippen LogP) is 5.45. The van der Waals surface area contributed by atoms with E-state index in [1.165, 1.54) is 0 Å². The van der Waals surface area contributed by atoms with Crippen LogP contribution in [0.4, 0.5) is 22.0 Å². The third kappa shape index (κ3) is 2.43. The molecule has 7 heteroatoms. The minimum absolute atomic E-state index is 0.111. The predicted molar refractivity (Wildman–Crippen MR) is 92.7 cm³/mol. The number of hydrogen-bond donors (Lipinski definition) is 1. The van der Waals surface area contributed by atoms with Crippen molar-refractivity contribution in [1.82, 2.24) is 0 Å². The third-order valence-corrected chi connectivity index (χ3v) is 8.82. The number of hydrogen-bond acceptors (Lipinski definition) is 2. The highest BCUT2D eigenvalue weighted by molar-refractivity contribution is 5.87. The van der Waals surface area contributed by atoms with E-state index in [0.717, 1.165) is 19.3 Å². The lowest BCUT2D eigenvalue weighted by molar-refractivity contribution is -0.346. The van der Waals surface area contributed by atoms with E-state index in [2.05, 4.69) is 0 Å². The second kappa shape index (κ2) is 5.79. The van der Waals surface area contributed by atoms with E-state index >= 15 is 0 Å². The van der Waals surface area contributed by atoms with E-state index in [-0.39, 0.29) is 29.6 Å². The summed E-state index contributed by atoms with van der Waals surface area (Å²) in [6, 6.07) is 0. The highest BCUT2D eigenvalue weighted by Crippen LogP contribution is 2.66. The number of allylic oxidation sites excluding steroid dienone is 1. The number of alkyl halides is 5. The fraction of sp³-hybridized carbons (Fsp3) is 0.857. The normalized spacial score (nSPS) is 46.5. The van der Waals surface area contributed by atoms with Crippen LogP contribution in [0.5, 0.6) is 0 Å². The maximum absolute atomic E-state index is 14.0. The summed E-state index contributed by atoms with van der Waals surface area (Å²) in [4.78, 5) is 12.4. The maximum Gasteiger partial charge on any atom is 0.456 e. The Hall–Kier alpha value is -0.980. The Kier molecular flexibility index (Phi) is 4.20. The largest absolute Gasteiger partial charge is 0.456 e. The van der Waals surface area contributed by atoms with Gasteiger partial charge in [0.05, 0.1) is 0 Å². The van der Waals surface area contributed by atoms with Gasteiger partial charge in [-0.2, -0.15) is 22.0 Å². The number of Topliss-reactive ketones (excluding diaryl/α,β-unsaturated/α-hetero) is 1. The first kappa shape index (κ1) is 20.3. The molecule has 0 saturated heterocycles. The molecule has 0 aromatic rings. The van der Waals surface area contributed by atoms with Gasteiger partial charge in [0, 0.05) is 18.3 Å². The number of carbonyl (C=O) groups is 1. The summed E-state index contributed by atoms with van der Waals surface area (Å²) in [5.41, 5.74) is -3.35. The van der Waals surface area contributed by atoms with Gasteiger partial charge in [0.25, 0.3) is 0 Å². The fourth-order valence-electron chi connectivity index (χ4n) is 6.95. The average molecular weight is 406 g/mol. The Morgan fingerprint density at radius 1 is 1.00 bits per heavy atom. The summed E-state index contributed by atoms with van der Waals surface area (Å²) in [5.74, 6) is -4.15. The second-order valence-corrected chi connectivity index (χ2v) is 9.96. The minimum Gasteiger partial charge on any atom is -0.383 e. The minimum atomic E-state index is -5.77. The number of ketones is 1. The molecule has 4 aliphatic rings. The molecule has 3 saturated carbocycles. The number of carbonyl (C=O) groups excluding carboxylic acids is 1. The van der Waals surface area contributed by atoms with Crippen molar-refractivity contribution in [2.75, 3.05) is 0 Å². The number of halogens is 5. The van der Waals surface area contributed by atoms with Crippen molar-refractivity contribution in [2.45, 2.75) is 82.9 Å². The van der Waals surface area contributed by atoms with Crippen LogP contribution in [-0.2, 0) is 4.79 Å². The van der Waals surface area contributed by atoms with Gasteiger partial charge in [0.15, 0.2) is 0 Å². The van der Waals surface area contributed by atoms with Crippen LogP contribution in [0.15, 0.2) is 11.6 Å². The Labute approximate surface area is 161 Å². The molecule has 3 fully saturated rings. The highest BCUT2D eigenvalue weighted by Gasteiger charge is 2.72. The van der Waals surface area contributed by atoms with Gasteiger partial charge < -0.3 is 5.11 Å². The first-order chi connectivity index (χ1) is 12.8. The van der Waals surface area contributed by atoms with Crippen molar-refractivity contribution in [2.24, 2.45) is 28.6 Å². The lowest BCUT2D eigenvalue weighted by atomic mass is 9.47. The molecule has 0 bridgehead atoms. The SMILES string of the molecule is C[C@]12CC[C@@](O)(C(F)(F)C(F)(F)F)CC1=CC[C@@H]1[C@@H]2CC[C@]2(C)C(=O)CC[C@@H]12. The Balaban J connectivity index is 1.65. The fourth-order valence-corrected chi connectivity index (χ4v) is 6.95. The van der Waals surface area contributed by atoms with Crippen molar-refractivity contribution in [3.05, 3.63) is 11.6 Å². The third-order valence-electron chi connectivity index (χ3n) is 8.82. The lowest BCUT2D eigenvalue weighted by Crippen LogP contribution is -2.61. The van der Waals surface area contributed by atoms with Crippen LogP contribution >= 0.6 is 0 Å². The van der Waals surface area contributed by atoms with Crippen molar-refractivity contribution in [3.63, 3.8) is 0 Å². The molecular weight excluding hydrogens is 379 g/mol. The van der Waals surface area contributed by atoms with Crippen molar-refractivity contribution in [3.8, 4) is 0 Å². The summed E-state index contributed by atoms with van der Waals surface area (Å²) >= 11 is 0. The molecule has 0 aliphatic heterocycles. The van der Waals surface area contributed by atoms with Gasteiger partial charge in [-0.05, 0) is 61.7 Å². The zero-order valence-electron chi connectivity index (χ0n) is 16.2. The molecule has 1 N–H and O–H groups in total. The van der Waals surface area contributed by atoms with Crippen LogP contribution in [0.3, 0.4) is 0 Å². The molecule has 28 heavy (non-hydrogen) atoms. The quantitative estimate of drug-likeness (QED) is 0.465. The van der Waals surface area contributed by atoms with E-state index in [1.54, 1.807) is 6.08 Å². The molecule has 0 aromatic carbocycles. The molecule has 0 heterocycles. The summed E-state index contributed by atoms with van der Waals surface area (Å²) in [7, 11) is 0. The van der Waals surface area contributed by atoms with Gasteiger partial charge in [0.1, 0.15) is 11.4 Å². The number of fused-ring (bicyclic) bond motifs is 5. The van der Waals surface area contributed by atoms with E-state index in [9.17, 15) is 31.9 Å². The Morgan fingerprint density at radius 3 is 2.29 bits per heavy atom. The first-order valence-corrected chi connectivity index (χ1v) is 10.2. The lowest BCUT2D eigenvalue weighted by Gasteiger charge is -2.58. The van der Waals surface area contributed by atoms with E-state index < -0.39 is 36.0 Å². The number of aliphatic hydroxyl groups is 1. The Bertz CT molecular complexity index is 729. The summed E-state index contributed by atoms with van der Waals surface area (Å²) < 4.78 is 66.8. The zero-order valence-corrected chi connectivity index (χ0v) is 16.2. The van der Waals surface area contributed by atoms with Crippen LogP contribution in [0.1, 0.15) is 65.2 Å².